The van der Waals surface area contributed by atoms with Gasteiger partial charge in [-0.1, -0.05) is 12.1 Å². The van der Waals surface area contributed by atoms with Crippen molar-refractivity contribution in [1.29, 1.82) is 0 Å². The first-order valence-electron chi connectivity index (χ1n) is 5.64. The molecule has 2 rings (SSSR count). The summed E-state index contributed by atoms with van der Waals surface area (Å²) in [6, 6.07) is 5.77. The standard InChI is InChI=1S/C13H17N3O/c1-10-4-3-5-12(14)13(10)17-9-8-16-7-6-15-11(16)2/h3-7H,8-9,14H2,1-2H3. The van der Waals surface area contributed by atoms with E-state index in [0.717, 1.165) is 23.7 Å². The quantitative estimate of drug-likeness (QED) is 0.820. The Bertz CT molecular complexity index is 485. The van der Waals surface area contributed by atoms with Crippen LogP contribution in [0.15, 0.2) is 30.6 Å². The summed E-state index contributed by atoms with van der Waals surface area (Å²) in [4.78, 5) is 4.16. The maximum Gasteiger partial charge on any atom is 0.145 e. The SMILES string of the molecule is Cc1cccc(N)c1OCCn1ccnc1C. The van der Waals surface area contributed by atoms with Gasteiger partial charge in [0.15, 0.2) is 0 Å². The van der Waals surface area contributed by atoms with Crippen LogP contribution in [0, 0.1) is 13.8 Å². The van der Waals surface area contributed by atoms with Gasteiger partial charge in [0.1, 0.15) is 18.2 Å². The number of hydrogen-bond donors (Lipinski definition) is 1. The number of nitrogen functional groups attached to an aromatic ring is 1. The summed E-state index contributed by atoms with van der Waals surface area (Å²) in [7, 11) is 0. The maximum absolute atomic E-state index is 5.87. The Balaban J connectivity index is 1.97. The Kier molecular flexibility index (Phi) is 3.32. The van der Waals surface area contributed by atoms with E-state index in [-0.39, 0.29) is 0 Å². The zero-order valence-corrected chi connectivity index (χ0v) is 10.2. The molecule has 2 aromatic rings. The van der Waals surface area contributed by atoms with Crippen molar-refractivity contribution < 1.29 is 4.74 Å². The first kappa shape index (κ1) is 11.5. The number of nitrogens with zero attached hydrogens (tertiary/aromatic N) is 2. The Morgan fingerprint density at radius 3 is 2.82 bits per heavy atom. The molecule has 0 fully saturated rings. The van der Waals surface area contributed by atoms with E-state index in [1.165, 1.54) is 0 Å². The number of aromatic nitrogens is 2. The summed E-state index contributed by atoms with van der Waals surface area (Å²) < 4.78 is 7.77. The van der Waals surface area contributed by atoms with Crippen LogP contribution < -0.4 is 10.5 Å². The molecule has 0 aliphatic heterocycles. The Morgan fingerprint density at radius 1 is 1.35 bits per heavy atom. The van der Waals surface area contributed by atoms with Crippen molar-refractivity contribution in [2.24, 2.45) is 0 Å². The number of para-hydroxylation sites is 1. The van der Waals surface area contributed by atoms with E-state index in [4.69, 9.17) is 10.5 Å². The van der Waals surface area contributed by atoms with E-state index in [0.29, 0.717) is 12.3 Å². The second-order valence-electron chi connectivity index (χ2n) is 4.01. The highest BCUT2D eigenvalue weighted by molar-refractivity contribution is 5.56. The number of rotatable bonds is 4. The van der Waals surface area contributed by atoms with E-state index in [1.54, 1.807) is 6.20 Å². The second-order valence-corrected chi connectivity index (χ2v) is 4.01. The molecule has 90 valence electrons. The smallest absolute Gasteiger partial charge is 0.145 e. The fraction of sp³-hybridized carbons (Fsp3) is 0.308. The van der Waals surface area contributed by atoms with Gasteiger partial charge in [-0.05, 0) is 25.5 Å². The first-order chi connectivity index (χ1) is 8.18. The topological polar surface area (TPSA) is 53.1 Å². The predicted octanol–water partition coefficient (Wildman–Crippen LogP) is 2.16. The van der Waals surface area contributed by atoms with Crippen LogP contribution in [0.25, 0.3) is 0 Å². The van der Waals surface area contributed by atoms with E-state index in [1.807, 2.05) is 38.2 Å². The molecule has 4 nitrogen and oxygen atoms in total. The molecule has 0 atom stereocenters. The number of benzene rings is 1. The van der Waals surface area contributed by atoms with Crippen LogP contribution >= 0.6 is 0 Å². The predicted molar refractivity (Wildman–Crippen MR) is 68.1 cm³/mol. The first-order valence-corrected chi connectivity index (χ1v) is 5.64. The molecule has 0 aliphatic rings. The van der Waals surface area contributed by atoms with Gasteiger partial charge in [0, 0.05) is 12.4 Å². The molecule has 0 saturated heterocycles. The van der Waals surface area contributed by atoms with Crippen molar-refractivity contribution in [3.63, 3.8) is 0 Å². The van der Waals surface area contributed by atoms with Gasteiger partial charge in [-0.2, -0.15) is 0 Å². The Morgan fingerprint density at radius 2 is 2.18 bits per heavy atom. The Hall–Kier alpha value is -1.97. The number of ether oxygens (including phenoxy) is 1. The zero-order valence-electron chi connectivity index (χ0n) is 10.2. The highest BCUT2D eigenvalue weighted by Gasteiger charge is 2.04. The van der Waals surface area contributed by atoms with Crippen LogP contribution in [0.5, 0.6) is 5.75 Å². The van der Waals surface area contributed by atoms with Gasteiger partial charge in [0.2, 0.25) is 0 Å². The van der Waals surface area contributed by atoms with Gasteiger partial charge in [-0.3, -0.25) is 0 Å². The third kappa shape index (κ3) is 2.58. The lowest BCUT2D eigenvalue weighted by Gasteiger charge is -2.12. The molecule has 1 aromatic carbocycles. The van der Waals surface area contributed by atoms with E-state index in [9.17, 15) is 0 Å². The molecule has 0 saturated carbocycles. The molecule has 0 unspecified atom stereocenters. The number of aryl methyl sites for hydroxylation is 2. The van der Waals surface area contributed by atoms with Gasteiger partial charge in [-0.25, -0.2) is 4.98 Å². The Labute approximate surface area is 101 Å². The summed E-state index contributed by atoms with van der Waals surface area (Å²) in [5.74, 6) is 1.77. The van der Waals surface area contributed by atoms with Crippen molar-refractivity contribution in [1.82, 2.24) is 9.55 Å². The zero-order chi connectivity index (χ0) is 12.3. The number of hydrogen-bond acceptors (Lipinski definition) is 3. The van der Waals surface area contributed by atoms with Crippen LogP contribution in [0.3, 0.4) is 0 Å². The fourth-order valence-corrected chi connectivity index (χ4v) is 1.76. The fourth-order valence-electron chi connectivity index (χ4n) is 1.76. The molecule has 0 aliphatic carbocycles. The van der Waals surface area contributed by atoms with Crippen molar-refractivity contribution in [2.45, 2.75) is 20.4 Å². The van der Waals surface area contributed by atoms with Crippen molar-refractivity contribution in [3.8, 4) is 5.75 Å². The van der Waals surface area contributed by atoms with Crippen LogP contribution in [-0.4, -0.2) is 16.2 Å². The van der Waals surface area contributed by atoms with Crippen molar-refractivity contribution in [2.75, 3.05) is 12.3 Å². The molecule has 0 radical (unpaired) electrons. The molecule has 2 N–H and O–H groups in total. The summed E-state index contributed by atoms with van der Waals surface area (Å²) in [5, 5.41) is 0. The van der Waals surface area contributed by atoms with E-state index >= 15 is 0 Å². The van der Waals surface area contributed by atoms with Crippen LogP contribution in [-0.2, 0) is 6.54 Å². The van der Waals surface area contributed by atoms with Gasteiger partial charge in [-0.15, -0.1) is 0 Å². The monoisotopic (exact) mass is 231 g/mol. The minimum atomic E-state index is 0.590. The molecule has 1 heterocycles. The van der Waals surface area contributed by atoms with Gasteiger partial charge in [0.25, 0.3) is 0 Å². The highest BCUT2D eigenvalue weighted by Crippen LogP contribution is 2.25. The average Bonchev–Trinajstić information content (AvgIpc) is 2.69. The summed E-state index contributed by atoms with van der Waals surface area (Å²) in [6.45, 7) is 5.34. The minimum absolute atomic E-state index is 0.590. The highest BCUT2D eigenvalue weighted by atomic mass is 16.5. The molecular formula is C13H17N3O. The average molecular weight is 231 g/mol. The normalized spacial score (nSPS) is 10.5. The number of nitrogens with two attached hydrogens (primary N) is 1. The molecule has 17 heavy (non-hydrogen) atoms. The molecule has 4 heteroatoms. The van der Waals surface area contributed by atoms with Crippen LogP contribution in [0.2, 0.25) is 0 Å². The van der Waals surface area contributed by atoms with Gasteiger partial charge < -0.3 is 15.0 Å². The molecular weight excluding hydrogens is 214 g/mol. The molecule has 0 amide bonds. The van der Waals surface area contributed by atoms with Crippen LogP contribution in [0.1, 0.15) is 11.4 Å². The summed E-state index contributed by atoms with van der Waals surface area (Å²) in [6.07, 6.45) is 3.73. The lowest BCUT2D eigenvalue weighted by molar-refractivity contribution is 0.296. The van der Waals surface area contributed by atoms with E-state index in [2.05, 4.69) is 9.55 Å². The number of anilines is 1. The van der Waals surface area contributed by atoms with Crippen molar-refractivity contribution in [3.05, 3.63) is 42.0 Å². The van der Waals surface area contributed by atoms with E-state index < -0.39 is 0 Å². The number of imidazole rings is 1. The summed E-state index contributed by atoms with van der Waals surface area (Å²) in [5.41, 5.74) is 7.62. The second kappa shape index (κ2) is 4.91. The third-order valence-electron chi connectivity index (χ3n) is 2.74. The van der Waals surface area contributed by atoms with Crippen LogP contribution in [0.4, 0.5) is 5.69 Å². The molecule has 0 bridgehead atoms. The van der Waals surface area contributed by atoms with Gasteiger partial charge in [0.05, 0.1) is 12.2 Å². The molecule has 0 spiro atoms. The van der Waals surface area contributed by atoms with Gasteiger partial charge >= 0.3 is 0 Å². The molecule has 1 aromatic heterocycles. The third-order valence-corrected chi connectivity index (χ3v) is 2.74. The maximum atomic E-state index is 5.87. The summed E-state index contributed by atoms with van der Waals surface area (Å²) >= 11 is 0. The largest absolute Gasteiger partial charge is 0.489 e. The lowest BCUT2D eigenvalue weighted by atomic mass is 10.2. The lowest BCUT2D eigenvalue weighted by Crippen LogP contribution is -2.10. The van der Waals surface area contributed by atoms with Crippen molar-refractivity contribution >= 4 is 5.69 Å². The minimum Gasteiger partial charge on any atom is -0.489 e.